The lowest BCUT2D eigenvalue weighted by molar-refractivity contribution is 0.102. The number of benzene rings is 2. The summed E-state index contributed by atoms with van der Waals surface area (Å²) in [6, 6.07) is 17.1. The smallest absolute Gasteiger partial charge is 0.262 e. The van der Waals surface area contributed by atoms with E-state index in [2.05, 4.69) is 27.1 Å². The van der Waals surface area contributed by atoms with Crippen LogP contribution in [0.1, 0.15) is 15.9 Å². The summed E-state index contributed by atoms with van der Waals surface area (Å²) >= 11 is 0. The molecule has 0 aliphatic rings. The highest BCUT2D eigenvalue weighted by atomic mass is 19.1. The van der Waals surface area contributed by atoms with Crippen LogP contribution in [0.3, 0.4) is 0 Å². The first kappa shape index (κ1) is 19.4. The maximum atomic E-state index is 13.4. The minimum atomic E-state index is -0.367. The molecule has 2 aromatic carbocycles. The highest BCUT2D eigenvalue weighted by Crippen LogP contribution is 2.26. The first-order valence-corrected chi connectivity index (χ1v) is 9.81. The Hall–Kier alpha value is -4.59. The summed E-state index contributed by atoms with van der Waals surface area (Å²) in [6.07, 6.45) is 6.54. The minimum absolute atomic E-state index is 0.331. The molecule has 3 aromatic heterocycles. The van der Waals surface area contributed by atoms with Crippen molar-refractivity contribution in [1.82, 2.24) is 24.4 Å². The molecule has 7 nitrogen and oxygen atoms in total. The van der Waals surface area contributed by atoms with E-state index in [1.165, 1.54) is 22.8 Å². The maximum Gasteiger partial charge on any atom is 0.262 e. The summed E-state index contributed by atoms with van der Waals surface area (Å²) in [4.78, 5) is 17.3. The van der Waals surface area contributed by atoms with Gasteiger partial charge in [0.2, 0.25) is 0 Å². The van der Waals surface area contributed by atoms with Crippen LogP contribution in [0.4, 0.5) is 10.2 Å². The molecular formula is C24H17FN6O. The van der Waals surface area contributed by atoms with Crippen LogP contribution in [0.5, 0.6) is 0 Å². The summed E-state index contributed by atoms with van der Waals surface area (Å²) in [7, 11) is 0. The van der Waals surface area contributed by atoms with E-state index in [0.29, 0.717) is 22.7 Å². The minimum Gasteiger partial charge on any atom is -0.306 e. The molecule has 0 aliphatic heterocycles. The van der Waals surface area contributed by atoms with Gasteiger partial charge in [-0.05, 0) is 48.0 Å². The van der Waals surface area contributed by atoms with Crippen LogP contribution < -0.4 is 5.32 Å². The van der Waals surface area contributed by atoms with Gasteiger partial charge in [0, 0.05) is 24.0 Å². The molecule has 0 aliphatic carbocycles. The molecule has 156 valence electrons. The Morgan fingerprint density at radius 2 is 1.88 bits per heavy atom. The number of carbonyl (C=O) groups is 1. The Labute approximate surface area is 182 Å². The number of amides is 1. The second-order valence-electron chi connectivity index (χ2n) is 7.03. The van der Waals surface area contributed by atoms with Gasteiger partial charge in [0.05, 0.1) is 17.6 Å². The second-order valence-corrected chi connectivity index (χ2v) is 7.03. The third kappa shape index (κ3) is 3.54. The van der Waals surface area contributed by atoms with Crippen molar-refractivity contribution < 1.29 is 9.18 Å². The molecule has 3 heterocycles. The van der Waals surface area contributed by atoms with Gasteiger partial charge in [-0.1, -0.05) is 24.8 Å². The number of hydrogen-bond donors (Lipinski definition) is 1. The molecule has 0 saturated carbocycles. The lowest BCUT2D eigenvalue weighted by atomic mass is 10.1. The van der Waals surface area contributed by atoms with Gasteiger partial charge in [-0.3, -0.25) is 4.79 Å². The Kier molecular flexibility index (Phi) is 4.79. The monoisotopic (exact) mass is 424 g/mol. The van der Waals surface area contributed by atoms with Gasteiger partial charge in [0.1, 0.15) is 17.2 Å². The van der Waals surface area contributed by atoms with Crippen molar-refractivity contribution in [3.8, 4) is 16.9 Å². The maximum absolute atomic E-state index is 13.4. The van der Waals surface area contributed by atoms with Crippen molar-refractivity contribution in [1.29, 1.82) is 0 Å². The lowest BCUT2D eigenvalue weighted by Gasteiger charge is -2.08. The van der Waals surface area contributed by atoms with E-state index in [4.69, 9.17) is 0 Å². The van der Waals surface area contributed by atoms with Gasteiger partial charge < -0.3 is 5.32 Å². The number of aromatic nitrogens is 5. The molecule has 32 heavy (non-hydrogen) atoms. The number of hydrogen-bond acceptors (Lipinski definition) is 4. The molecule has 0 spiro atoms. The predicted octanol–water partition coefficient (Wildman–Crippen LogP) is 4.62. The zero-order valence-electron chi connectivity index (χ0n) is 16.8. The molecule has 8 heteroatoms. The number of carbonyl (C=O) groups excluding carboxylic acids is 1. The third-order valence-corrected chi connectivity index (χ3v) is 4.99. The molecular weight excluding hydrogens is 407 g/mol. The standard InChI is InChI=1S/C24H17FN6O/c1-2-16-4-10-19(11-5-16)31-22(14-21(29-31)17-6-8-18(25)9-7-17)28-24(32)20-15-27-30-13-3-12-26-23(20)30/h2-15H,1H2,(H,28,32). The summed E-state index contributed by atoms with van der Waals surface area (Å²) in [6.45, 7) is 3.77. The van der Waals surface area contributed by atoms with Gasteiger partial charge in [-0.15, -0.1) is 0 Å². The Morgan fingerprint density at radius 1 is 1.09 bits per heavy atom. The van der Waals surface area contributed by atoms with E-state index in [1.54, 1.807) is 47.4 Å². The SMILES string of the molecule is C=Cc1ccc(-n2nc(-c3ccc(F)cc3)cc2NC(=O)c2cnn3cccnc23)cc1. The summed E-state index contributed by atoms with van der Waals surface area (Å²) < 4.78 is 16.5. The quantitative estimate of drug-likeness (QED) is 0.447. The van der Waals surface area contributed by atoms with Crippen molar-refractivity contribution in [2.75, 3.05) is 5.32 Å². The van der Waals surface area contributed by atoms with Crippen LogP contribution in [0.25, 0.3) is 28.7 Å². The van der Waals surface area contributed by atoms with Crippen molar-refractivity contribution in [3.63, 3.8) is 0 Å². The van der Waals surface area contributed by atoms with Crippen LogP contribution in [0.2, 0.25) is 0 Å². The second kappa shape index (κ2) is 7.92. The normalized spacial score (nSPS) is 10.9. The van der Waals surface area contributed by atoms with Crippen molar-refractivity contribution in [2.24, 2.45) is 0 Å². The average Bonchev–Trinajstić information content (AvgIpc) is 3.44. The predicted molar refractivity (Wildman–Crippen MR) is 120 cm³/mol. The molecule has 5 aromatic rings. The van der Waals surface area contributed by atoms with Crippen LogP contribution in [-0.2, 0) is 0 Å². The molecule has 1 amide bonds. The zero-order chi connectivity index (χ0) is 22.1. The van der Waals surface area contributed by atoms with Crippen molar-refractivity contribution in [2.45, 2.75) is 0 Å². The fourth-order valence-electron chi connectivity index (χ4n) is 3.35. The first-order chi connectivity index (χ1) is 15.6. The van der Waals surface area contributed by atoms with Gasteiger partial charge >= 0.3 is 0 Å². The number of rotatable bonds is 5. The third-order valence-electron chi connectivity index (χ3n) is 4.99. The van der Waals surface area contributed by atoms with E-state index < -0.39 is 0 Å². The molecule has 0 saturated heterocycles. The zero-order valence-corrected chi connectivity index (χ0v) is 16.8. The van der Waals surface area contributed by atoms with Gasteiger partial charge in [0.15, 0.2) is 5.65 Å². The number of nitrogens with one attached hydrogen (secondary N) is 1. The molecule has 5 rings (SSSR count). The first-order valence-electron chi connectivity index (χ1n) is 9.81. The summed E-state index contributed by atoms with van der Waals surface area (Å²) in [5.74, 6) is -0.244. The Balaban J connectivity index is 1.56. The van der Waals surface area contributed by atoms with E-state index in [0.717, 1.165) is 16.8 Å². The van der Waals surface area contributed by atoms with Gasteiger partial charge in [-0.25, -0.2) is 18.6 Å². The van der Waals surface area contributed by atoms with Crippen LogP contribution in [0, 0.1) is 5.82 Å². The number of halogens is 1. The fraction of sp³-hybridized carbons (Fsp3) is 0. The molecule has 0 bridgehead atoms. The highest BCUT2D eigenvalue weighted by molar-refractivity contribution is 6.08. The Morgan fingerprint density at radius 3 is 2.62 bits per heavy atom. The summed E-state index contributed by atoms with van der Waals surface area (Å²) in [5.41, 5.74) is 3.81. The number of nitrogens with zero attached hydrogens (tertiary/aromatic N) is 5. The molecule has 1 N–H and O–H groups in total. The van der Waals surface area contributed by atoms with E-state index in [-0.39, 0.29) is 11.7 Å². The van der Waals surface area contributed by atoms with Crippen LogP contribution in [-0.4, -0.2) is 30.3 Å². The fourth-order valence-corrected chi connectivity index (χ4v) is 3.35. The molecule has 0 fully saturated rings. The van der Waals surface area contributed by atoms with E-state index in [9.17, 15) is 9.18 Å². The van der Waals surface area contributed by atoms with E-state index >= 15 is 0 Å². The number of anilines is 1. The Bertz CT molecular complexity index is 1430. The topological polar surface area (TPSA) is 77.1 Å². The summed E-state index contributed by atoms with van der Waals surface area (Å²) in [5, 5.41) is 11.7. The number of fused-ring (bicyclic) bond motifs is 1. The van der Waals surface area contributed by atoms with Gasteiger partial charge in [0.25, 0.3) is 5.91 Å². The molecule has 0 unspecified atom stereocenters. The lowest BCUT2D eigenvalue weighted by Crippen LogP contribution is -2.15. The largest absolute Gasteiger partial charge is 0.306 e. The van der Waals surface area contributed by atoms with E-state index in [1.807, 2.05) is 24.3 Å². The average molecular weight is 424 g/mol. The molecule has 0 atom stereocenters. The molecule has 0 radical (unpaired) electrons. The highest BCUT2D eigenvalue weighted by Gasteiger charge is 2.18. The van der Waals surface area contributed by atoms with Crippen LogP contribution in [0.15, 0.2) is 85.8 Å². The van der Waals surface area contributed by atoms with Crippen molar-refractivity contribution in [3.05, 3.63) is 103 Å². The van der Waals surface area contributed by atoms with Crippen molar-refractivity contribution >= 4 is 23.4 Å². The van der Waals surface area contributed by atoms with Crippen LogP contribution >= 0.6 is 0 Å². The van der Waals surface area contributed by atoms with Gasteiger partial charge in [-0.2, -0.15) is 10.2 Å².